The Morgan fingerprint density at radius 2 is 2.10 bits per heavy atom. The number of halogens is 1. The van der Waals surface area contributed by atoms with Crippen LogP contribution in [0.25, 0.3) is 0 Å². The molecule has 8 heteroatoms. The van der Waals surface area contributed by atoms with Crippen LogP contribution in [0.1, 0.15) is 13.8 Å². The minimum Gasteiger partial charge on any atom is -0.323 e. The van der Waals surface area contributed by atoms with Crippen LogP contribution in [-0.2, 0) is 4.79 Å². The van der Waals surface area contributed by atoms with Crippen molar-refractivity contribution in [1.29, 1.82) is 0 Å². The van der Waals surface area contributed by atoms with Gasteiger partial charge in [0.1, 0.15) is 5.82 Å². The van der Waals surface area contributed by atoms with E-state index in [-0.39, 0.29) is 16.8 Å². The van der Waals surface area contributed by atoms with E-state index in [1.165, 1.54) is 35.2 Å². The molecule has 1 aromatic carbocycles. The van der Waals surface area contributed by atoms with Gasteiger partial charge in [0, 0.05) is 0 Å². The van der Waals surface area contributed by atoms with E-state index in [0.29, 0.717) is 0 Å². The van der Waals surface area contributed by atoms with Crippen LogP contribution in [0.3, 0.4) is 0 Å². The Morgan fingerprint density at radius 3 is 2.81 bits per heavy atom. The van der Waals surface area contributed by atoms with Crippen molar-refractivity contribution in [3.05, 3.63) is 30.1 Å². The van der Waals surface area contributed by atoms with Gasteiger partial charge < -0.3 is 5.32 Å². The number of carbonyl (C=O) groups is 1. The number of hydrogen-bond acceptors (Lipinski definition) is 6. The van der Waals surface area contributed by atoms with Crippen LogP contribution in [-0.4, -0.2) is 27.1 Å². The predicted molar refractivity (Wildman–Crippen MR) is 86.7 cm³/mol. The van der Waals surface area contributed by atoms with E-state index in [1.54, 1.807) is 30.8 Å². The second-order valence-corrected chi connectivity index (χ2v) is 8.07. The summed E-state index contributed by atoms with van der Waals surface area (Å²) in [5.41, 5.74) is 0.189. The molecule has 112 valence electrons. The first-order valence-electron chi connectivity index (χ1n) is 6.28. The molecule has 0 fully saturated rings. The zero-order valence-corrected chi connectivity index (χ0v) is 13.9. The number of nitrogens with zero attached hydrogens (tertiary/aromatic N) is 2. The number of benzene rings is 1. The number of hydrogen-bond donors (Lipinski definition) is 1. The fourth-order valence-corrected chi connectivity index (χ4v) is 4.49. The zero-order valence-electron chi connectivity index (χ0n) is 11.5. The first-order valence-corrected chi connectivity index (χ1v) is 8.96. The molecule has 0 radical (unpaired) electrons. The van der Waals surface area contributed by atoms with Crippen molar-refractivity contribution in [3.8, 4) is 0 Å². The molecule has 2 rings (SSSR count). The van der Waals surface area contributed by atoms with E-state index in [2.05, 4.69) is 15.5 Å². The average Bonchev–Trinajstić information content (AvgIpc) is 2.89. The van der Waals surface area contributed by atoms with E-state index in [4.69, 9.17) is 0 Å². The van der Waals surface area contributed by atoms with Gasteiger partial charge in [-0.05, 0) is 24.8 Å². The van der Waals surface area contributed by atoms with E-state index in [9.17, 15) is 9.18 Å². The third kappa shape index (κ3) is 4.69. The molecule has 1 unspecified atom stereocenters. The third-order valence-electron chi connectivity index (χ3n) is 2.43. The molecule has 4 nitrogen and oxygen atoms in total. The summed E-state index contributed by atoms with van der Waals surface area (Å²) in [5.74, 6) is 0.230. The second-order valence-electron chi connectivity index (χ2n) is 4.00. The van der Waals surface area contributed by atoms with E-state index >= 15 is 0 Å². The topological polar surface area (TPSA) is 54.9 Å². The number of carbonyl (C=O) groups excluding carboxylic acids is 1. The van der Waals surface area contributed by atoms with Crippen LogP contribution in [0.4, 0.5) is 10.1 Å². The first-order chi connectivity index (χ1) is 10.1. The van der Waals surface area contributed by atoms with Gasteiger partial charge in [0.15, 0.2) is 8.68 Å². The lowest BCUT2D eigenvalue weighted by Crippen LogP contribution is -2.22. The molecule has 2 aromatic rings. The quantitative estimate of drug-likeness (QED) is 0.806. The van der Waals surface area contributed by atoms with Crippen molar-refractivity contribution in [3.63, 3.8) is 0 Å². The molecule has 1 aromatic heterocycles. The highest BCUT2D eigenvalue weighted by atomic mass is 32.2. The molecule has 0 aliphatic carbocycles. The average molecular weight is 343 g/mol. The fraction of sp³-hybridized carbons (Fsp3) is 0.308. The molecule has 0 aliphatic rings. The van der Waals surface area contributed by atoms with Gasteiger partial charge in [-0.3, -0.25) is 4.79 Å². The number of rotatable bonds is 6. The lowest BCUT2D eigenvalue weighted by molar-refractivity contribution is -0.115. The highest BCUT2D eigenvalue weighted by Gasteiger charge is 2.18. The molecule has 0 saturated carbocycles. The van der Waals surface area contributed by atoms with E-state index in [1.807, 2.05) is 6.92 Å². The van der Waals surface area contributed by atoms with Gasteiger partial charge in [0.25, 0.3) is 0 Å². The Kier molecular flexibility index (Phi) is 6.01. The highest BCUT2D eigenvalue weighted by molar-refractivity contribution is 8.03. The second kappa shape index (κ2) is 7.77. The summed E-state index contributed by atoms with van der Waals surface area (Å²) < 4.78 is 15.1. The van der Waals surface area contributed by atoms with E-state index in [0.717, 1.165) is 14.4 Å². The van der Waals surface area contributed by atoms with Crippen LogP contribution in [0.15, 0.2) is 32.9 Å². The summed E-state index contributed by atoms with van der Waals surface area (Å²) in [6.45, 7) is 3.80. The lowest BCUT2D eigenvalue weighted by Gasteiger charge is -2.10. The molecule has 21 heavy (non-hydrogen) atoms. The fourth-order valence-electron chi connectivity index (χ4n) is 1.43. The van der Waals surface area contributed by atoms with Gasteiger partial charge in [-0.2, -0.15) is 0 Å². The Morgan fingerprint density at radius 1 is 1.38 bits per heavy atom. The van der Waals surface area contributed by atoms with Gasteiger partial charge >= 0.3 is 0 Å². The summed E-state index contributed by atoms with van der Waals surface area (Å²) in [6, 6.07) is 6.10. The molecule has 1 atom stereocenters. The Bertz CT molecular complexity index is 620. The maximum atomic E-state index is 13.5. The Balaban J connectivity index is 1.94. The summed E-state index contributed by atoms with van der Waals surface area (Å²) >= 11 is 4.40. The molecule has 0 saturated heterocycles. The van der Waals surface area contributed by atoms with Crippen molar-refractivity contribution in [2.75, 3.05) is 11.1 Å². The SMILES string of the molecule is CCSc1nnc(SC(C)C(=O)Nc2ccccc2F)s1. The van der Waals surface area contributed by atoms with Gasteiger partial charge in [-0.1, -0.05) is 53.9 Å². The molecule has 0 bridgehead atoms. The van der Waals surface area contributed by atoms with Gasteiger partial charge in [-0.25, -0.2) is 4.39 Å². The molecular formula is C13H14FN3OS3. The zero-order chi connectivity index (χ0) is 15.2. The smallest absolute Gasteiger partial charge is 0.237 e. The molecule has 1 N–H and O–H groups in total. The van der Waals surface area contributed by atoms with Gasteiger partial charge in [0.2, 0.25) is 5.91 Å². The maximum absolute atomic E-state index is 13.5. The number of aromatic nitrogens is 2. The summed E-state index contributed by atoms with van der Waals surface area (Å²) in [5, 5.41) is 10.3. The monoisotopic (exact) mass is 343 g/mol. The Hall–Kier alpha value is -1.12. The minimum absolute atomic E-state index is 0.189. The van der Waals surface area contributed by atoms with Crippen LogP contribution in [0.5, 0.6) is 0 Å². The molecular weight excluding hydrogens is 329 g/mol. The number of nitrogens with one attached hydrogen (secondary N) is 1. The minimum atomic E-state index is -0.444. The predicted octanol–water partition coefficient (Wildman–Crippen LogP) is 3.91. The van der Waals surface area contributed by atoms with E-state index < -0.39 is 5.82 Å². The van der Waals surface area contributed by atoms with Crippen LogP contribution >= 0.6 is 34.9 Å². The highest BCUT2D eigenvalue weighted by Crippen LogP contribution is 2.31. The number of para-hydroxylation sites is 1. The normalized spacial score (nSPS) is 12.1. The summed E-state index contributed by atoms with van der Waals surface area (Å²) in [7, 11) is 0. The largest absolute Gasteiger partial charge is 0.323 e. The van der Waals surface area contributed by atoms with Crippen LogP contribution < -0.4 is 5.32 Å². The molecule has 0 spiro atoms. The van der Waals surface area contributed by atoms with Gasteiger partial charge in [0.05, 0.1) is 10.9 Å². The molecule has 1 heterocycles. The van der Waals surface area contributed by atoms with Gasteiger partial charge in [-0.15, -0.1) is 10.2 Å². The Labute approximate surface area is 134 Å². The third-order valence-corrected chi connectivity index (χ3v) is 5.56. The van der Waals surface area contributed by atoms with Crippen molar-refractivity contribution >= 4 is 46.5 Å². The molecule has 1 amide bonds. The van der Waals surface area contributed by atoms with Crippen LogP contribution in [0, 0.1) is 5.82 Å². The number of anilines is 1. The maximum Gasteiger partial charge on any atom is 0.237 e. The molecule has 0 aliphatic heterocycles. The van der Waals surface area contributed by atoms with Crippen molar-refractivity contribution in [2.45, 2.75) is 27.8 Å². The van der Waals surface area contributed by atoms with Crippen molar-refractivity contribution in [2.24, 2.45) is 0 Å². The number of thioether (sulfide) groups is 2. The van der Waals surface area contributed by atoms with Crippen LogP contribution in [0.2, 0.25) is 0 Å². The number of amides is 1. The van der Waals surface area contributed by atoms with Crippen molar-refractivity contribution < 1.29 is 9.18 Å². The van der Waals surface area contributed by atoms with Crippen molar-refractivity contribution in [1.82, 2.24) is 10.2 Å². The first kappa shape index (κ1) is 16.3. The lowest BCUT2D eigenvalue weighted by atomic mass is 10.3. The summed E-state index contributed by atoms with van der Waals surface area (Å²) in [6.07, 6.45) is 0. The summed E-state index contributed by atoms with van der Waals surface area (Å²) in [4.78, 5) is 12.1. The standard InChI is InChI=1S/C13H14FN3OS3/c1-3-19-12-16-17-13(21-12)20-8(2)11(18)15-10-7-5-4-6-9(10)14/h4-8H,3H2,1-2H3,(H,15,18).